The molecule has 0 fully saturated rings. The van der Waals surface area contributed by atoms with E-state index >= 15 is 0 Å². The van der Waals surface area contributed by atoms with Crippen LogP contribution in [0.2, 0.25) is 0 Å². The number of aryl methyl sites for hydroxylation is 1. The second kappa shape index (κ2) is 9.69. The average molecular weight is 542 g/mol. The van der Waals surface area contributed by atoms with Crippen LogP contribution in [0.1, 0.15) is 46.2 Å². The summed E-state index contributed by atoms with van der Waals surface area (Å²) in [6.07, 6.45) is 0. The van der Waals surface area contributed by atoms with Gasteiger partial charge in [0.1, 0.15) is 28.4 Å². The number of aliphatic hydroxyl groups excluding tert-OH is 1. The van der Waals surface area contributed by atoms with E-state index < -0.39 is 41.1 Å². The molecule has 2 atom stereocenters. The summed E-state index contributed by atoms with van der Waals surface area (Å²) >= 11 is 1.34. The van der Waals surface area contributed by atoms with Gasteiger partial charge in [-0.05, 0) is 38.5 Å². The van der Waals surface area contributed by atoms with Crippen LogP contribution in [0.4, 0.5) is 24.5 Å². The lowest BCUT2D eigenvalue weighted by Gasteiger charge is -2.16. The topological polar surface area (TPSA) is 113 Å². The smallest absolute Gasteiger partial charge is 0.308 e. The number of nitrogens with zero attached hydrogens (tertiary/aromatic N) is 4. The van der Waals surface area contributed by atoms with Crippen LogP contribution < -0.4 is 5.32 Å². The monoisotopic (exact) mass is 541 g/mol. The molecule has 2 aromatic heterocycles. The maximum absolute atomic E-state index is 14.1. The summed E-state index contributed by atoms with van der Waals surface area (Å²) in [4.78, 5) is 17.6. The molecular weight excluding hydrogens is 519 g/mol. The summed E-state index contributed by atoms with van der Waals surface area (Å²) in [5, 5.41) is 31.5. The number of hydrogen-bond acceptors (Lipinski definition) is 7. The first-order valence-electron chi connectivity index (χ1n) is 11.6. The van der Waals surface area contributed by atoms with E-state index in [9.17, 15) is 28.2 Å². The number of fused-ring (bicyclic) bond motifs is 3. The molecule has 3 heterocycles. The molecular formula is C26H22F3N5O3S. The molecule has 0 aliphatic carbocycles. The number of hydrogen-bond donors (Lipinski definition) is 3. The Morgan fingerprint density at radius 2 is 1.79 bits per heavy atom. The molecule has 12 heteroatoms. The van der Waals surface area contributed by atoms with Crippen molar-refractivity contribution in [2.75, 3.05) is 5.32 Å². The number of aliphatic carboxylic acids is 1. The minimum Gasteiger partial charge on any atom is -0.481 e. The van der Waals surface area contributed by atoms with E-state index in [2.05, 4.69) is 15.5 Å². The van der Waals surface area contributed by atoms with Gasteiger partial charge in [0.05, 0.1) is 18.2 Å². The van der Waals surface area contributed by atoms with Crippen molar-refractivity contribution in [1.82, 2.24) is 14.8 Å². The Morgan fingerprint density at radius 1 is 1.13 bits per heavy atom. The van der Waals surface area contributed by atoms with E-state index in [1.165, 1.54) is 11.3 Å². The standard InChI is InChI=1S/C26H22F3N5O3S/c1-11-19(10-35)38-25-20(11)22(31-21(12(2)26(36)37)24-33-32-13(3)34(24)25)14-4-6-16(7-5-14)30-23-17(28)8-15(27)9-18(23)29/h4-9,12,21,30,35H,10H2,1-3H3,(H,36,37)/t12-,21?/m0/s1. The Balaban J connectivity index is 1.64. The first kappa shape index (κ1) is 25.6. The highest BCUT2D eigenvalue weighted by molar-refractivity contribution is 7.15. The number of aliphatic imine (C=N–C) groups is 1. The van der Waals surface area contributed by atoms with Crippen LogP contribution in [0.15, 0.2) is 41.4 Å². The number of anilines is 2. The third-order valence-electron chi connectivity index (χ3n) is 6.49. The summed E-state index contributed by atoms with van der Waals surface area (Å²) in [6, 6.07) is 6.84. The second-order valence-electron chi connectivity index (χ2n) is 8.93. The molecule has 1 aliphatic rings. The van der Waals surface area contributed by atoms with Gasteiger partial charge < -0.3 is 15.5 Å². The fraction of sp³-hybridized carbons (Fsp3) is 0.231. The third kappa shape index (κ3) is 4.25. The van der Waals surface area contributed by atoms with Gasteiger partial charge >= 0.3 is 5.97 Å². The van der Waals surface area contributed by atoms with Crippen LogP contribution in [0, 0.1) is 37.2 Å². The van der Waals surface area contributed by atoms with E-state index in [0.29, 0.717) is 56.2 Å². The van der Waals surface area contributed by atoms with Crippen molar-refractivity contribution in [3.63, 3.8) is 0 Å². The highest BCUT2D eigenvalue weighted by Crippen LogP contribution is 2.41. The molecule has 1 aliphatic heterocycles. The van der Waals surface area contributed by atoms with Gasteiger partial charge in [0, 0.05) is 33.8 Å². The van der Waals surface area contributed by atoms with E-state index in [1.54, 1.807) is 42.7 Å². The number of rotatable bonds is 6. The highest BCUT2D eigenvalue weighted by atomic mass is 32.1. The quantitative estimate of drug-likeness (QED) is 0.309. The first-order valence-corrected chi connectivity index (χ1v) is 12.4. The van der Waals surface area contributed by atoms with E-state index in [0.717, 1.165) is 5.56 Å². The molecule has 0 saturated carbocycles. The molecule has 3 N–H and O–H groups in total. The van der Waals surface area contributed by atoms with E-state index in [-0.39, 0.29) is 6.61 Å². The summed E-state index contributed by atoms with van der Waals surface area (Å²) < 4.78 is 43.3. The molecule has 0 radical (unpaired) electrons. The Labute approximate surface area is 219 Å². The first-order chi connectivity index (χ1) is 18.1. The van der Waals surface area contributed by atoms with Crippen molar-refractivity contribution in [2.45, 2.75) is 33.4 Å². The number of nitrogens with one attached hydrogen (secondary N) is 1. The minimum absolute atomic E-state index is 0.195. The summed E-state index contributed by atoms with van der Waals surface area (Å²) in [5.41, 5.74) is 2.45. The van der Waals surface area contributed by atoms with Crippen molar-refractivity contribution in [3.05, 3.63) is 87.1 Å². The normalized spacial score (nSPS) is 15.3. The van der Waals surface area contributed by atoms with Gasteiger partial charge in [0.15, 0.2) is 17.5 Å². The fourth-order valence-electron chi connectivity index (χ4n) is 4.42. The summed E-state index contributed by atoms with van der Waals surface area (Å²) in [7, 11) is 0. The van der Waals surface area contributed by atoms with Crippen molar-refractivity contribution in [1.29, 1.82) is 0 Å². The number of carboxylic acid groups (broad SMARTS) is 1. The van der Waals surface area contributed by atoms with E-state index in [1.807, 2.05) is 6.92 Å². The lowest BCUT2D eigenvalue weighted by molar-refractivity contribution is -0.141. The number of aromatic nitrogens is 3. The molecule has 0 bridgehead atoms. The van der Waals surface area contributed by atoms with Crippen LogP contribution in [-0.2, 0) is 11.4 Å². The maximum Gasteiger partial charge on any atom is 0.308 e. The van der Waals surface area contributed by atoms with Crippen molar-refractivity contribution >= 4 is 34.4 Å². The highest BCUT2D eigenvalue weighted by Gasteiger charge is 2.36. The minimum atomic E-state index is -1.07. The molecule has 2 aromatic carbocycles. The van der Waals surface area contributed by atoms with Gasteiger partial charge in [0.2, 0.25) is 0 Å². The van der Waals surface area contributed by atoms with Crippen LogP contribution in [0.5, 0.6) is 0 Å². The van der Waals surface area contributed by atoms with Gasteiger partial charge in [-0.2, -0.15) is 0 Å². The third-order valence-corrected chi connectivity index (χ3v) is 7.75. The number of thiophene rings is 1. The van der Waals surface area contributed by atoms with Crippen LogP contribution >= 0.6 is 11.3 Å². The molecule has 5 rings (SSSR count). The van der Waals surface area contributed by atoms with Crippen molar-refractivity contribution in [3.8, 4) is 5.00 Å². The van der Waals surface area contributed by atoms with E-state index in [4.69, 9.17) is 4.99 Å². The maximum atomic E-state index is 14.1. The summed E-state index contributed by atoms with van der Waals surface area (Å²) in [5.74, 6) is -4.21. The zero-order valence-electron chi connectivity index (χ0n) is 20.5. The van der Waals surface area contributed by atoms with Gasteiger partial charge in [-0.1, -0.05) is 12.1 Å². The van der Waals surface area contributed by atoms with Crippen LogP contribution in [0.3, 0.4) is 0 Å². The van der Waals surface area contributed by atoms with Gasteiger partial charge in [-0.25, -0.2) is 13.2 Å². The molecule has 0 amide bonds. The number of benzene rings is 2. The number of halogens is 3. The number of carboxylic acids is 1. The zero-order valence-corrected chi connectivity index (χ0v) is 21.3. The van der Waals surface area contributed by atoms with Crippen LogP contribution in [0.25, 0.3) is 5.00 Å². The van der Waals surface area contributed by atoms with Crippen molar-refractivity contribution < 1.29 is 28.2 Å². The van der Waals surface area contributed by atoms with Crippen molar-refractivity contribution in [2.24, 2.45) is 10.9 Å². The lowest BCUT2D eigenvalue weighted by atomic mass is 9.98. The molecule has 0 spiro atoms. The SMILES string of the molecule is Cc1c(CO)sc2c1C(c1ccc(Nc3c(F)cc(F)cc3F)cc1)=NC([C@H](C)C(=O)O)c1nnc(C)n1-2. The summed E-state index contributed by atoms with van der Waals surface area (Å²) in [6.45, 7) is 4.97. The molecule has 38 heavy (non-hydrogen) atoms. The predicted molar refractivity (Wildman–Crippen MR) is 136 cm³/mol. The molecule has 196 valence electrons. The van der Waals surface area contributed by atoms with Gasteiger partial charge in [-0.3, -0.25) is 14.4 Å². The Hall–Kier alpha value is -4.03. The second-order valence-corrected chi connectivity index (χ2v) is 10.0. The number of aliphatic hydroxyl groups is 1. The zero-order chi connectivity index (χ0) is 27.3. The number of carbonyl (C=O) groups is 1. The van der Waals surface area contributed by atoms with Gasteiger partial charge in [0.25, 0.3) is 0 Å². The molecule has 4 aromatic rings. The predicted octanol–water partition coefficient (Wildman–Crippen LogP) is 5.21. The largest absolute Gasteiger partial charge is 0.481 e. The van der Waals surface area contributed by atoms with Crippen LogP contribution in [-0.4, -0.2) is 36.7 Å². The Morgan fingerprint density at radius 3 is 2.39 bits per heavy atom. The molecule has 0 saturated heterocycles. The lowest BCUT2D eigenvalue weighted by Crippen LogP contribution is -2.21. The fourth-order valence-corrected chi connectivity index (χ4v) is 5.64. The average Bonchev–Trinajstić information content (AvgIpc) is 3.36. The van der Waals surface area contributed by atoms with Gasteiger partial charge in [-0.15, -0.1) is 21.5 Å². The Kier molecular flexibility index (Phi) is 6.53. The molecule has 1 unspecified atom stereocenters. The Bertz CT molecular complexity index is 1570. The molecule has 8 nitrogen and oxygen atoms in total.